The molecule has 1 amide bonds. The van der Waals surface area contributed by atoms with Gasteiger partial charge in [0.05, 0.1) is 5.69 Å². The van der Waals surface area contributed by atoms with Gasteiger partial charge in [-0.25, -0.2) is 0 Å². The van der Waals surface area contributed by atoms with Gasteiger partial charge < -0.3 is 4.90 Å². The molecule has 1 fully saturated rings. The number of carbonyl (C=O) groups is 2. The zero-order chi connectivity index (χ0) is 18.7. The molecule has 1 aliphatic rings. The molecular weight excluding hydrogens is 326 g/mol. The Labute approximate surface area is 155 Å². The minimum Gasteiger partial charge on any atom is -0.343 e. The van der Waals surface area contributed by atoms with Crippen molar-refractivity contribution in [3.05, 3.63) is 52.8 Å². The second kappa shape index (κ2) is 7.85. The van der Waals surface area contributed by atoms with E-state index >= 15 is 0 Å². The lowest BCUT2D eigenvalue weighted by atomic mass is 9.88. The lowest BCUT2D eigenvalue weighted by molar-refractivity contribution is -0.132. The maximum atomic E-state index is 12.6. The van der Waals surface area contributed by atoms with Gasteiger partial charge in [-0.2, -0.15) is 5.10 Å². The number of hydrogen-bond donors (Lipinski definition) is 0. The van der Waals surface area contributed by atoms with Crippen LogP contribution in [0.25, 0.3) is 0 Å². The number of benzene rings is 1. The molecule has 5 nitrogen and oxygen atoms in total. The lowest BCUT2D eigenvalue weighted by Crippen LogP contribution is -2.40. The number of likely N-dealkylation sites (tertiary alicyclic amines) is 1. The van der Waals surface area contributed by atoms with Crippen molar-refractivity contribution in [3.63, 3.8) is 0 Å². The number of rotatable bonds is 5. The van der Waals surface area contributed by atoms with Crippen LogP contribution in [-0.2, 0) is 18.3 Å². The molecule has 2 aromatic rings. The van der Waals surface area contributed by atoms with Gasteiger partial charge in [0.1, 0.15) is 0 Å². The van der Waals surface area contributed by atoms with Gasteiger partial charge in [-0.15, -0.1) is 0 Å². The molecule has 2 heterocycles. The van der Waals surface area contributed by atoms with Crippen molar-refractivity contribution >= 4 is 11.7 Å². The molecule has 1 aromatic carbocycles. The lowest BCUT2D eigenvalue weighted by Gasteiger charge is -2.31. The highest BCUT2D eigenvalue weighted by molar-refractivity contribution is 5.98. The average Bonchev–Trinajstić information content (AvgIpc) is 2.91. The normalized spacial score (nSPS) is 15.3. The van der Waals surface area contributed by atoms with E-state index in [0.717, 1.165) is 36.2 Å². The number of carbonyl (C=O) groups excluding carboxylic acids is 2. The number of hydrogen-bond acceptors (Lipinski definition) is 3. The Bertz CT molecular complexity index is 787. The van der Waals surface area contributed by atoms with Gasteiger partial charge in [0.25, 0.3) is 0 Å². The fraction of sp³-hybridized carbons (Fsp3) is 0.476. The van der Waals surface area contributed by atoms with E-state index in [-0.39, 0.29) is 17.6 Å². The Morgan fingerprint density at radius 3 is 2.35 bits per heavy atom. The van der Waals surface area contributed by atoms with E-state index in [1.165, 1.54) is 5.56 Å². The summed E-state index contributed by atoms with van der Waals surface area (Å²) in [5.41, 5.74) is 4.09. The van der Waals surface area contributed by atoms with Gasteiger partial charge in [0.2, 0.25) is 5.91 Å². The molecule has 5 heteroatoms. The summed E-state index contributed by atoms with van der Waals surface area (Å²) in [4.78, 5) is 27.0. The van der Waals surface area contributed by atoms with Crippen LogP contribution in [0.2, 0.25) is 0 Å². The molecule has 1 saturated heterocycles. The first kappa shape index (κ1) is 18.4. The maximum absolute atomic E-state index is 12.6. The van der Waals surface area contributed by atoms with Crippen LogP contribution >= 0.6 is 0 Å². The summed E-state index contributed by atoms with van der Waals surface area (Å²) in [5, 5.41) is 4.41. The van der Waals surface area contributed by atoms with E-state index in [2.05, 4.69) is 5.10 Å². The van der Waals surface area contributed by atoms with Crippen LogP contribution < -0.4 is 0 Å². The van der Waals surface area contributed by atoms with Crippen molar-refractivity contribution in [2.24, 2.45) is 13.0 Å². The predicted molar refractivity (Wildman–Crippen MR) is 101 cm³/mol. The zero-order valence-corrected chi connectivity index (χ0v) is 15.9. The first-order chi connectivity index (χ1) is 12.5. The standard InChI is InChI=1S/C21H27N3O2/c1-15-19(16(2)23(3)22-15)9-10-20(25)24-13-11-18(12-14-24)21(26)17-7-5-4-6-8-17/h4-8,18H,9-14H2,1-3H3. The number of amides is 1. The van der Waals surface area contributed by atoms with E-state index in [0.29, 0.717) is 19.5 Å². The zero-order valence-electron chi connectivity index (χ0n) is 15.9. The fourth-order valence-electron chi connectivity index (χ4n) is 3.80. The van der Waals surface area contributed by atoms with Crippen molar-refractivity contribution in [1.82, 2.24) is 14.7 Å². The molecule has 0 spiro atoms. The highest BCUT2D eigenvalue weighted by Gasteiger charge is 2.27. The quantitative estimate of drug-likeness (QED) is 0.776. The molecule has 0 unspecified atom stereocenters. The smallest absolute Gasteiger partial charge is 0.222 e. The number of aromatic nitrogens is 2. The molecule has 0 bridgehead atoms. The van der Waals surface area contributed by atoms with Crippen molar-refractivity contribution in [3.8, 4) is 0 Å². The molecule has 0 radical (unpaired) electrons. The Balaban J connectivity index is 1.51. The second-order valence-corrected chi connectivity index (χ2v) is 7.16. The monoisotopic (exact) mass is 353 g/mol. The minimum absolute atomic E-state index is 0.0317. The molecular formula is C21H27N3O2. The van der Waals surface area contributed by atoms with Gasteiger partial charge in [-0.1, -0.05) is 30.3 Å². The second-order valence-electron chi connectivity index (χ2n) is 7.16. The third-order valence-electron chi connectivity index (χ3n) is 5.52. The van der Waals surface area contributed by atoms with Crippen molar-refractivity contribution in [2.45, 2.75) is 39.5 Å². The van der Waals surface area contributed by atoms with E-state index in [1.54, 1.807) is 0 Å². The largest absolute Gasteiger partial charge is 0.343 e. The van der Waals surface area contributed by atoms with Crippen molar-refractivity contribution in [1.29, 1.82) is 0 Å². The highest BCUT2D eigenvalue weighted by Crippen LogP contribution is 2.23. The average molecular weight is 353 g/mol. The summed E-state index contributed by atoms with van der Waals surface area (Å²) < 4.78 is 1.87. The Morgan fingerprint density at radius 1 is 1.12 bits per heavy atom. The van der Waals surface area contributed by atoms with Gasteiger partial charge in [0.15, 0.2) is 5.78 Å². The Morgan fingerprint density at radius 2 is 1.77 bits per heavy atom. The van der Waals surface area contributed by atoms with Crippen LogP contribution in [-0.4, -0.2) is 39.5 Å². The van der Waals surface area contributed by atoms with Gasteiger partial charge >= 0.3 is 0 Å². The molecule has 3 rings (SSSR count). The molecule has 0 N–H and O–H groups in total. The summed E-state index contributed by atoms with van der Waals surface area (Å²) in [6, 6.07) is 9.46. The maximum Gasteiger partial charge on any atom is 0.222 e. The number of aryl methyl sites for hydroxylation is 2. The molecule has 26 heavy (non-hydrogen) atoms. The first-order valence-electron chi connectivity index (χ1n) is 9.33. The number of piperidine rings is 1. The highest BCUT2D eigenvalue weighted by atomic mass is 16.2. The van der Waals surface area contributed by atoms with Crippen LogP contribution in [0.1, 0.15) is 46.6 Å². The predicted octanol–water partition coefficient (Wildman–Crippen LogP) is 3.09. The Hall–Kier alpha value is -2.43. The molecule has 138 valence electrons. The number of Topliss-reactive ketones (excluding diaryl/α,β-unsaturated/α-hetero) is 1. The molecule has 1 aliphatic heterocycles. The van der Waals surface area contributed by atoms with Crippen LogP contribution in [0.4, 0.5) is 0 Å². The molecule has 1 aromatic heterocycles. The van der Waals surface area contributed by atoms with Crippen LogP contribution in [0.3, 0.4) is 0 Å². The van der Waals surface area contributed by atoms with E-state index in [9.17, 15) is 9.59 Å². The van der Waals surface area contributed by atoms with Crippen LogP contribution in [0.15, 0.2) is 30.3 Å². The Kier molecular flexibility index (Phi) is 5.55. The number of nitrogens with zero attached hydrogens (tertiary/aromatic N) is 3. The summed E-state index contributed by atoms with van der Waals surface area (Å²) in [6.45, 7) is 5.38. The third-order valence-corrected chi connectivity index (χ3v) is 5.52. The molecule has 0 aliphatic carbocycles. The van der Waals surface area contributed by atoms with Crippen LogP contribution in [0, 0.1) is 19.8 Å². The van der Waals surface area contributed by atoms with E-state index < -0.39 is 0 Å². The van der Waals surface area contributed by atoms with Gasteiger partial charge in [0, 0.05) is 43.7 Å². The van der Waals surface area contributed by atoms with Gasteiger partial charge in [-0.3, -0.25) is 14.3 Å². The van der Waals surface area contributed by atoms with Crippen molar-refractivity contribution in [2.75, 3.05) is 13.1 Å². The third kappa shape index (κ3) is 3.87. The van der Waals surface area contributed by atoms with E-state index in [1.807, 2.05) is 60.8 Å². The topological polar surface area (TPSA) is 55.2 Å². The van der Waals surface area contributed by atoms with Crippen molar-refractivity contribution < 1.29 is 9.59 Å². The van der Waals surface area contributed by atoms with Gasteiger partial charge in [-0.05, 0) is 38.7 Å². The molecule has 0 saturated carbocycles. The summed E-state index contributed by atoms with van der Waals surface area (Å²) in [6.07, 6.45) is 2.74. The summed E-state index contributed by atoms with van der Waals surface area (Å²) in [7, 11) is 1.93. The molecule has 0 atom stereocenters. The summed E-state index contributed by atoms with van der Waals surface area (Å²) >= 11 is 0. The fourth-order valence-corrected chi connectivity index (χ4v) is 3.80. The minimum atomic E-state index is 0.0317. The van der Waals surface area contributed by atoms with E-state index in [4.69, 9.17) is 0 Å². The number of ketones is 1. The van der Waals surface area contributed by atoms with Crippen LogP contribution in [0.5, 0.6) is 0 Å². The first-order valence-corrected chi connectivity index (χ1v) is 9.33. The SMILES string of the molecule is Cc1nn(C)c(C)c1CCC(=O)N1CCC(C(=O)c2ccccc2)CC1. The summed E-state index contributed by atoms with van der Waals surface area (Å²) in [5.74, 6) is 0.418.